The van der Waals surface area contributed by atoms with Gasteiger partial charge in [0, 0.05) is 6.54 Å². The lowest BCUT2D eigenvalue weighted by atomic mass is 9.94. The number of benzene rings is 1. The third kappa shape index (κ3) is 2.33. The molecule has 0 aliphatic carbocycles. The molecule has 1 atom stereocenters. The largest absolute Gasteiger partial charge is 0.448 e. The number of nitrogens with zero attached hydrogens (tertiary/aromatic N) is 2. The van der Waals surface area contributed by atoms with Crippen molar-refractivity contribution in [2.24, 2.45) is 0 Å². The molecule has 6 heteroatoms. The van der Waals surface area contributed by atoms with Gasteiger partial charge in [0.25, 0.3) is 0 Å². The van der Waals surface area contributed by atoms with Gasteiger partial charge in [0.2, 0.25) is 5.91 Å². The van der Waals surface area contributed by atoms with Crippen molar-refractivity contribution in [3.8, 4) is 0 Å². The number of likely N-dealkylation sites (tertiary alicyclic amines) is 1. The van der Waals surface area contributed by atoms with Crippen molar-refractivity contribution in [3.05, 3.63) is 35.6 Å². The van der Waals surface area contributed by atoms with Crippen LogP contribution in [0.3, 0.4) is 0 Å². The predicted molar refractivity (Wildman–Crippen MR) is 68.4 cm³/mol. The van der Waals surface area contributed by atoms with Crippen molar-refractivity contribution in [2.75, 3.05) is 26.2 Å². The van der Waals surface area contributed by atoms with Gasteiger partial charge in [0.05, 0.1) is 12.6 Å². The van der Waals surface area contributed by atoms with Crippen LogP contribution in [0.4, 0.5) is 9.18 Å². The number of halogens is 1. The molecule has 2 fully saturated rings. The third-order valence-corrected chi connectivity index (χ3v) is 3.77. The Morgan fingerprint density at radius 3 is 2.60 bits per heavy atom. The molecule has 2 aliphatic heterocycles. The zero-order valence-electron chi connectivity index (χ0n) is 10.9. The molecule has 0 spiro atoms. The van der Waals surface area contributed by atoms with E-state index in [1.807, 2.05) is 0 Å². The van der Waals surface area contributed by atoms with Crippen molar-refractivity contribution in [3.63, 3.8) is 0 Å². The van der Waals surface area contributed by atoms with Crippen LogP contribution in [0, 0.1) is 5.82 Å². The highest BCUT2D eigenvalue weighted by Crippen LogP contribution is 2.33. The Morgan fingerprint density at radius 1 is 1.30 bits per heavy atom. The van der Waals surface area contributed by atoms with Crippen LogP contribution < -0.4 is 0 Å². The number of rotatable bonds is 3. The highest BCUT2D eigenvalue weighted by atomic mass is 19.1. The van der Waals surface area contributed by atoms with Crippen molar-refractivity contribution in [1.82, 2.24) is 9.80 Å². The summed E-state index contributed by atoms with van der Waals surface area (Å²) in [4.78, 5) is 26.6. The van der Waals surface area contributed by atoms with Gasteiger partial charge in [-0.05, 0) is 24.1 Å². The highest BCUT2D eigenvalue weighted by molar-refractivity contribution is 5.83. The number of carbonyl (C=O) groups is 2. The Balaban J connectivity index is 1.64. The van der Waals surface area contributed by atoms with Crippen LogP contribution >= 0.6 is 0 Å². The van der Waals surface area contributed by atoms with E-state index in [0.29, 0.717) is 19.7 Å². The molecule has 20 heavy (non-hydrogen) atoms. The molecular formula is C14H15FN2O3. The Morgan fingerprint density at radius 2 is 2.05 bits per heavy atom. The van der Waals surface area contributed by atoms with E-state index in [9.17, 15) is 14.0 Å². The molecule has 106 valence electrons. The second kappa shape index (κ2) is 5.11. The molecule has 5 nitrogen and oxygen atoms in total. The fourth-order valence-corrected chi connectivity index (χ4v) is 2.54. The standard InChI is InChI=1S/C14H15FN2O3/c15-11-3-1-10(2-4-11)12-5-6-17(12)13(18)9-16-7-8-20-14(16)19/h1-4,12H,5-9H2/t12-/m1/s1. The first-order valence-electron chi connectivity index (χ1n) is 6.62. The lowest BCUT2D eigenvalue weighted by Crippen LogP contribution is -2.49. The molecule has 3 rings (SSSR count). The summed E-state index contributed by atoms with van der Waals surface area (Å²) in [5.41, 5.74) is 0.926. The monoisotopic (exact) mass is 278 g/mol. The summed E-state index contributed by atoms with van der Waals surface area (Å²) in [6, 6.07) is 6.18. The van der Waals surface area contributed by atoms with Gasteiger partial charge in [-0.25, -0.2) is 9.18 Å². The van der Waals surface area contributed by atoms with Gasteiger partial charge in [-0.3, -0.25) is 9.69 Å². The average Bonchev–Trinajstić information content (AvgIpc) is 2.76. The summed E-state index contributed by atoms with van der Waals surface area (Å²) >= 11 is 0. The van der Waals surface area contributed by atoms with Crippen LogP contribution in [0.5, 0.6) is 0 Å². The summed E-state index contributed by atoms with van der Waals surface area (Å²) in [7, 11) is 0. The van der Waals surface area contributed by atoms with E-state index in [0.717, 1.165) is 12.0 Å². The molecule has 0 bridgehead atoms. The molecule has 2 amide bonds. The summed E-state index contributed by atoms with van der Waals surface area (Å²) in [5, 5.41) is 0. The van der Waals surface area contributed by atoms with E-state index in [1.165, 1.54) is 17.0 Å². The van der Waals surface area contributed by atoms with Gasteiger partial charge in [-0.2, -0.15) is 0 Å². The molecule has 2 heterocycles. The summed E-state index contributed by atoms with van der Waals surface area (Å²) < 4.78 is 17.7. The molecule has 0 unspecified atom stereocenters. The quantitative estimate of drug-likeness (QED) is 0.843. The Labute approximate surface area is 115 Å². The topological polar surface area (TPSA) is 49.9 Å². The zero-order valence-corrected chi connectivity index (χ0v) is 10.9. The fourth-order valence-electron chi connectivity index (χ4n) is 2.54. The van der Waals surface area contributed by atoms with Gasteiger partial charge >= 0.3 is 6.09 Å². The normalized spacial score (nSPS) is 21.6. The molecule has 0 radical (unpaired) electrons. The Hall–Kier alpha value is -2.11. The maximum atomic E-state index is 12.9. The summed E-state index contributed by atoms with van der Waals surface area (Å²) in [5.74, 6) is -0.379. The fraction of sp³-hybridized carbons (Fsp3) is 0.429. The van der Waals surface area contributed by atoms with Gasteiger partial charge in [0.15, 0.2) is 0 Å². The number of carbonyl (C=O) groups excluding carboxylic acids is 2. The van der Waals surface area contributed by atoms with Crippen LogP contribution in [0.2, 0.25) is 0 Å². The summed E-state index contributed by atoms with van der Waals surface area (Å²) in [6.07, 6.45) is 0.430. The maximum absolute atomic E-state index is 12.9. The number of hydrogen-bond donors (Lipinski definition) is 0. The SMILES string of the molecule is O=C1OCCN1CC(=O)N1CC[C@@H]1c1ccc(F)cc1. The van der Waals surface area contributed by atoms with Gasteiger partial charge in [-0.1, -0.05) is 12.1 Å². The van der Waals surface area contributed by atoms with Crippen molar-refractivity contribution in [1.29, 1.82) is 0 Å². The molecule has 0 aromatic heterocycles. The molecule has 0 saturated carbocycles. The van der Waals surface area contributed by atoms with E-state index >= 15 is 0 Å². The van der Waals surface area contributed by atoms with E-state index in [1.54, 1.807) is 17.0 Å². The van der Waals surface area contributed by atoms with Crippen LogP contribution in [0.25, 0.3) is 0 Å². The van der Waals surface area contributed by atoms with E-state index in [-0.39, 0.29) is 24.3 Å². The third-order valence-electron chi connectivity index (χ3n) is 3.77. The van der Waals surface area contributed by atoms with Gasteiger partial charge < -0.3 is 9.64 Å². The first kappa shape index (κ1) is 12.9. The lowest BCUT2D eigenvalue weighted by Gasteiger charge is -2.41. The average molecular weight is 278 g/mol. The van der Waals surface area contributed by atoms with Crippen molar-refractivity contribution in [2.45, 2.75) is 12.5 Å². The van der Waals surface area contributed by atoms with Crippen molar-refractivity contribution >= 4 is 12.0 Å². The van der Waals surface area contributed by atoms with Gasteiger partial charge in [-0.15, -0.1) is 0 Å². The molecule has 2 saturated heterocycles. The smallest absolute Gasteiger partial charge is 0.410 e. The predicted octanol–water partition coefficient (Wildman–Crippen LogP) is 1.55. The van der Waals surface area contributed by atoms with Crippen LogP contribution in [-0.2, 0) is 9.53 Å². The Bertz CT molecular complexity index is 532. The minimum Gasteiger partial charge on any atom is -0.448 e. The van der Waals surface area contributed by atoms with E-state index in [4.69, 9.17) is 4.74 Å². The molecular weight excluding hydrogens is 263 g/mol. The Kier molecular flexibility index (Phi) is 3.30. The molecule has 1 aromatic carbocycles. The maximum Gasteiger partial charge on any atom is 0.410 e. The summed E-state index contributed by atoms with van der Waals surface area (Å²) in [6.45, 7) is 1.52. The zero-order chi connectivity index (χ0) is 14.1. The number of hydrogen-bond acceptors (Lipinski definition) is 3. The van der Waals surface area contributed by atoms with Crippen LogP contribution in [0.1, 0.15) is 18.0 Å². The molecule has 2 aliphatic rings. The second-order valence-electron chi connectivity index (χ2n) is 4.98. The first-order valence-corrected chi connectivity index (χ1v) is 6.62. The molecule has 0 N–H and O–H groups in total. The van der Waals surface area contributed by atoms with E-state index < -0.39 is 6.09 Å². The minimum absolute atomic E-state index is 0.0123. The number of ether oxygens (including phenoxy) is 1. The minimum atomic E-state index is -0.433. The highest BCUT2D eigenvalue weighted by Gasteiger charge is 2.35. The lowest BCUT2D eigenvalue weighted by molar-refractivity contribution is -0.139. The number of cyclic esters (lactones) is 1. The first-order chi connectivity index (χ1) is 9.65. The van der Waals surface area contributed by atoms with E-state index in [2.05, 4.69) is 0 Å². The van der Waals surface area contributed by atoms with Gasteiger partial charge in [0.1, 0.15) is 19.0 Å². The molecule has 1 aromatic rings. The van der Waals surface area contributed by atoms with Crippen LogP contribution in [0.15, 0.2) is 24.3 Å². The van der Waals surface area contributed by atoms with Crippen molar-refractivity contribution < 1.29 is 18.7 Å². The second-order valence-corrected chi connectivity index (χ2v) is 4.98. The van der Waals surface area contributed by atoms with Crippen LogP contribution in [-0.4, -0.2) is 48.0 Å². The number of amides is 2.